The quantitative estimate of drug-likeness (QED) is 0.447. The van der Waals surface area contributed by atoms with Crippen molar-refractivity contribution >= 4 is 5.97 Å². The number of unbranched alkanes of at least 4 members (excludes halogenated alkanes) is 4. The van der Waals surface area contributed by atoms with E-state index in [0.29, 0.717) is 19.6 Å². The lowest BCUT2D eigenvalue weighted by Crippen LogP contribution is -2.07. The molecule has 0 rings (SSSR count). The number of hydrogen-bond donors (Lipinski definition) is 1. The van der Waals surface area contributed by atoms with E-state index >= 15 is 0 Å². The molecular weight excluding hydrogens is 214 g/mol. The van der Waals surface area contributed by atoms with E-state index < -0.39 is 0 Å². The lowest BCUT2D eigenvalue weighted by atomic mass is 10.0. The molecular formula is C14H29NO2. The Hall–Kier alpha value is -0.570. The van der Waals surface area contributed by atoms with Crippen LogP contribution in [-0.2, 0) is 9.53 Å². The first kappa shape index (κ1) is 16.4. The van der Waals surface area contributed by atoms with Gasteiger partial charge >= 0.3 is 5.97 Å². The van der Waals surface area contributed by atoms with Crippen LogP contribution in [0, 0.1) is 5.92 Å². The molecule has 0 aromatic carbocycles. The van der Waals surface area contributed by atoms with Crippen LogP contribution in [0.15, 0.2) is 0 Å². The highest BCUT2D eigenvalue weighted by molar-refractivity contribution is 5.69. The Morgan fingerprint density at radius 2 is 1.76 bits per heavy atom. The topological polar surface area (TPSA) is 52.3 Å². The summed E-state index contributed by atoms with van der Waals surface area (Å²) in [6.07, 6.45) is 8.30. The first-order valence-electron chi connectivity index (χ1n) is 7.02. The number of carbonyl (C=O) groups excluding carboxylic acids is 1. The Bertz CT molecular complexity index is 181. The lowest BCUT2D eigenvalue weighted by Gasteiger charge is -2.05. The van der Waals surface area contributed by atoms with Gasteiger partial charge in [-0.15, -0.1) is 0 Å². The summed E-state index contributed by atoms with van der Waals surface area (Å²) in [5.74, 6) is 0.732. The van der Waals surface area contributed by atoms with E-state index in [-0.39, 0.29) is 5.97 Å². The second-order valence-electron chi connectivity index (χ2n) is 5.06. The van der Waals surface area contributed by atoms with Crippen LogP contribution >= 0.6 is 0 Å². The molecule has 3 heteroatoms. The molecule has 2 N–H and O–H groups in total. The van der Waals surface area contributed by atoms with Gasteiger partial charge in [0.1, 0.15) is 0 Å². The number of carbonyl (C=O) groups is 1. The van der Waals surface area contributed by atoms with Crippen molar-refractivity contribution in [3.8, 4) is 0 Å². The molecule has 0 bridgehead atoms. The molecule has 17 heavy (non-hydrogen) atoms. The minimum atomic E-state index is -0.0689. The molecule has 0 aliphatic rings. The van der Waals surface area contributed by atoms with E-state index in [1.807, 2.05) is 0 Å². The summed E-state index contributed by atoms with van der Waals surface area (Å²) in [7, 11) is 0. The standard InChI is InChI=1S/C14H29NO2/c1-13(2)9-5-3-4-8-12-17-14(16)10-6-7-11-15/h13H,3-12,15H2,1-2H3. The molecule has 0 aromatic heterocycles. The Balaban J connectivity index is 3.14. The summed E-state index contributed by atoms with van der Waals surface area (Å²) >= 11 is 0. The molecule has 3 nitrogen and oxygen atoms in total. The third-order valence-electron chi connectivity index (χ3n) is 2.77. The molecule has 0 heterocycles. The maximum atomic E-state index is 11.2. The second kappa shape index (κ2) is 11.9. The van der Waals surface area contributed by atoms with Gasteiger partial charge in [0.2, 0.25) is 0 Å². The molecule has 0 fully saturated rings. The largest absolute Gasteiger partial charge is 0.466 e. The number of rotatable bonds is 11. The second-order valence-corrected chi connectivity index (χ2v) is 5.06. The Morgan fingerprint density at radius 3 is 2.41 bits per heavy atom. The average Bonchev–Trinajstić information content (AvgIpc) is 2.28. The minimum absolute atomic E-state index is 0.0689. The van der Waals surface area contributed by atoms with Crippen LogP contribution in [-0.4, -0.2) is 19.1 Å². The van der Waals surface area contributed by atoms with E-state index in [4.69, 9.17) is 10.5 Å². The van der Waals surface area contributed by atoms with Crippen molar-refractivity contribution in [3.63, 3.8) is 0 Å². The summed E-state index contributed by atoms with van der Waals surface area (Å²) in [6.45, 7) is 5.75. The van der Waals surface area contributed by atoms with Gasteiger partial charge in [-0.1, -0.05) is 39.5 Å². The van der Waals surface area contributed by atoms with E-state index in [2.05, 4.69) is 13.8 Å². The predicted molar refractivity (Wildman–Crippen MR) is 71.8 cm³/mol. The summed E-state index contributed by atoms with van der Waals surface area (Å²) in [6, 6.07) is 0. The van der Waals surface area contributed by atoms with Crippen LogP contribution in [0.2, 0.25) is 0 Å². The van der Waals surface area contributed by atoms with Crippen molar-refractivity contribution in [3.05, 3.63) is 0 Å². The molecule has 0 saturated carbocycles. The molecule has 0 atom stereocenters. The highest BCUT2D eigenvalue weighted by atomic mass is 16.5. The van der Waals surface area contributed by atoms with Crippen molar-refractivity contribution in [2.24, 2.45) is 11.7 Å². The van der Waals surface area contributed by atoms with Gasteiger partial charge < -0.3 is 10.5 Å². The normalized spacial score (nSPS) is 10.8. The molecule has 0 unspecified atom stereocenters. The van der Waals surface area contributed by atoms with Crippen LogP contribution < -0.4 is 5.73 Å². The predicted octanol–water partition coefficient (Wildman–Crippen LogP) is 3.27. The van der Waals surface area contributed by atoms with E-state index in [1.54, 1.807) is 0 Å². The van der Waals surface area contributed by atoms with Gasteiger partial charge in [0.15, 0.2) is 0 Å². The summed E-state index contributed by atoms with van der Waals surface area (Å²) < 4.78 is 5.14. The number of nitrogens with two attached hydrogens (primary N) is 1. The average molecular weight is 243 g/mol. The van der Waals surface area contributed by atoms with Gasteiger partial charge in [-0.3, -0.25) is 4.79 Å². The third kappa shape index (κ3) is 13.4. The summed E-state index contributed by atoms with van der Waals surface area (Å²) in [4.78, 5) is 11.2. The molecule has 0 aliphatic heterocycles. The van der Waals surface area contributed by atoms with Crippen molar-refractivity contribution < 1.29 is 9.53 Å². The molecule has 0 radical (unpaired) electrons. The highest BCUT2D eigenvalue weighted by Gasteiger charge is 2.01. The lowest BCUT2D eigenvalue weighted by molar-refractivity contribution is -0.143. The molecule has 0 aliphatic carbocycles. The van der Waals surface area contributed by atoms with Gasteiger partial charge in [-0.05, 0) is 31.7 Å². The summed E-state index contributed by atoms with van der Waals surface area (Å²) in [5.41, 5.74) is 5.35. The number of ether oxygens (including phenoxy) is 1. The molecule has 102 valence electrons. The van der Waals surface area contributed by atoms with Crippen molar-refractivity contribution in [1.29, 1.82) is 0 Å². The Morgan fingerprint density at radius 1 is 1.06 bits per heavy atom. The van der Waals surface area contributed by atoms with E-state index in [1.165, 1.54) is 25.7 Å². The smallest absolute Gasteiger partial charge is 0.305 e. The molecule has 0 aromatic rings. The Labute approximate surface area is 106 Å². The first-order valence-corrected chi connectivity index (χ1v) is 7.02. The Kier molecular flexibility index (Phi) is 11.5. The van der Waals surface area contributed by atoms with Crippen molar-refractivity contribution in [2.75, 3.05) is 13.2 Å². The number of hydrogen-bond acceptors (Lipinski definition) is 3. The molecule has 0 saturated heterocycles. The molecule has 0 spiro atoms. The monoisotopic (exact) mass is 243 g/mol. The number of esters is 1. The van der Waals surface area contributed by atoms with Gasteiger partial charge in [-0.25, -0.2) is 0 Å². The fourth-order valence-electron chi connectivity index (χ4n) is 1.68. The van der Waals surface area contributed by atoms with Gasteiger partial charge in [0.25, 0.3) is 0 Å². The van der Waals surface area contributed by atoms with Crippen LogP contribution in [0.3, 0.4) is 0 Å². The SMILES string of the molecule is CC(C)CCCCCCOC(=O)CCCCN. The van der Waals surface area contributed by atoms with E-state index in [0.717, 1.165) is 25.2 Å². The fraction of sp³-hybridized carbons (Fsp3) is 0.929. The van der Waals surface area contributed by atoms with Crippen LogP contribution in [0.5, 0.6) is 0 Å². The first-order chi connectivity index (χ1) is 8.16. The third-order valence-corrected chi connectivity index (χ3v) is 2.77. The van der Waals surface area contributed by atoms with Gasteiger partial charge in [0, 0.05) is 6.42 Å². The molecule has 0 amide bonds. The zero-order chi connectivity index (χ0) is 12.9. The van der Waals surface area contributed by atoms with E-state index in [9.17, 15) is 4.79 Å². The van der Waals surface area contributed by atoms with Crippen LogP contribution in [0.1, 0.15) is 65.2 Å². The maximum Gasteiger partial charge on any atom is 0.305 e. The zero-order valence-corrected chi connectivity index (χ0v) is 11.5. The zero-order valence-electron chi connectivity index (χ0n) is 11.5. The minimum Gasteiger partial charge on any atom is -0.466 e. The van der Waals surface area contributed by atoms with Gasteiger partial charge in [-0.2, -0.15) is 0 Å². The van der Waals surface area contributed by atoms with Crippen LogP contribution in [0.25, 0.3) is 0 Å². The van der Waals surface area contributed by atoms with Crippen LogP contribution in [0.4, 0.5) is 0 Å². The van der Waals surface area contributed by atoms with Crippen molar-refractivity contribution in [1.82, 2.24) is 0 Å². The fourth-order valence-corrected chi connectivity index (χ4v) is 1.68. The van der Waals surface area contributed by atoms with Gasteiger partial charge in [0.05, 0.1) is 6.61 Å². The van der Waals surface area contributed by atoms with Crippen molar-refractivity contribution in [2.45, 2.75) is 65.2 Å². The maximum absolute atomic E-state index is 11.2. The highest BCUT2D eigenvalue weighted by Crippen LogP contribution is 2.09. The summed E-state index contributed by atoms with van der Waals surface area (Å²) in [5, 5.41) is 0.